The summed E-state index contributed by atoms with van der Waals surface area (Å²) >= 11 is 0. The molecule has 0 atom stereocenters. The first-order valence-corrected chi connectivity index (χ1v) is 10.9. The van der Waals surface area contributed by atoms with Crippen molar-refractivity contribution in [1.82, 2.24) is 9.55 Å². The highest BCUT2D eigenvalue weighted by Gasteiger charge is 2.20. The number of fused-ring (bicyclic) bond motifs is 1. The zero-order chi connectivity index (χ0) is 21.3. The Morgan fingerprint density at radius 3 is 2.40 bits per heavy atom. The van der Waals surface area contributed by atoms with Gasteiger partial charge in [0.05, 0.1) is 17.7 Å². The van der Waals surface area contributed by atoms with Crippen LogP contribution in [0.4, 0.5) is 16.0 Å². The molecule has 4 rings (SSSR count). The van der Waals surface area contributed by atoms with E-state index in [2.05, 4.69) is 33.8 Å². The number of rotatable bonds is 6. The average Bonchev–Trinajstić information content (AvgIpc) is 3.07. The Labute approximate surface area is 178 Å². The lowest BCUT2D eigenvalue weighted by atomic mass is 10.1. The van der Waals surface area contributed by atoms with Crippen LogP contribution in [0.25, 0.3) is 11.0 Å². The van der Waals surface area contributed by atoms with Gasteiger partial charge < -0.3 is 20.5 Å². The largest absolute Gasteiger partial charge is 0.370 e. The molecule has 0 amide bonds. The topological polar surface area (TPSA) is 59.1 Å². The normalized spacial score (nSPS) is 14.5. The summed E-state index contributed by atoms with van der Waals surface area (Å²) in [4.78, 5) is 7.47. The SMILES string of the molecule is Cc1cc(N2CCCCC2)c2nc(NCCN)n(Cc3cc(C)c(F)c(C)c3)c2c1. The number of aryl methyl sites for hydroxylation is 3. The number of nitrogens with zero attached hydrogens (tertiary/aromatic N) is 3. The van der Waals surface area contributed by atoms with E-state index in [1.165, 1.54) is 30.5 Å². The van der Waals surface area contributed by atoms with Crippen LogP contribution in [-0.4, -0.2) is 35.7 Å². The zero-order valence-corrected chi connectivity index (χ0v) is 18.3. The maximum atomic E-state index is 14.1. The fourth-order valence-corrected chi connectivity index (χ4v) is 4.51. The number of anilines is 2. The Bertz CT molecular complexity index is 1030. The predicted molar refractivity (Wildman–Crippen MR) is 123 cm³/mol. The molecule has 1 saturated heterocycles. The van der Waals surface area contributed by atoms with E-state index in [-0.39, 0.29) is 5.82 Å². The molecule has 1 aliphatic heterocycles. The van der Waals surface area contributed by atoms with Gasteiger partial charge in [-0.3, -0.25) is 0 Å². The van der Waals surface area contributed by atoms with Crippen LogP contribution in [0.1, 0.15) is 41.5 Å². The highest BCUT2D eigenvalue weighted by atomic mass is 19.1. The highest BCUT2D eigenvalue weighted by Crippen LogP contribution is 2.33. The molecule has 160 valence electrons. The molecule has 1 aliphatic rings. The minimum absolute atomic E-state index is 0.126. The third-order valence-electron chi connectivity index (χ3n) is 5.94. The first kappa shape index (κ1) is 20.7. The number of nitrogens with one attached hydrogen (secondary N) is 1. The second kappa shape index (κ2) is 8.64. The zero-order valence-electron chi connectivity index (χ0n) is 18.3. The lowest BCUT2D eigenvalue weighted by molar-refractivity contribution is 0.578. The van der Waals surface area contributed by atoms with Gasteiger partial charge in [0.15, 0.2) is 0 Å². The lowest BCUT2D eigenvalue weighted by Gasteiger charge is -2.29. The fraction of sp³-hybridized carbons (Fsp3) is 0.458. The second-order valence-electron chi connectivity index (χ2n) is 8.48. The van der Waals surface area contributed by atoms with Crippen molar-refractivity contribution in [2.45, 2.75) is 46.6 Å². The molecule has 0 saturated carbocycles. The van der Waals surface area contributed by atoms with E-state index in [1.54, 1.807) is 0 Å². The Kier molecular flexibility index (Phi) is 5.95. The third-order valence-corrected chi connectivity index (χ3v) is 5.94. The lowest BCUT2D eigenvalue weighted by Crippen LogP contribution is -2.29. The molecule has 5 nitrogen and oxygen atoms in total. The number of piperidine rings is 1. The van der Waals surface area contributed by atoms with E-state index in [4.69, 9.17) is 10.7 Å². The molecule has 3 aromatic rings. The van der Waals surface area contributed by atoms with E-state index in [0.29, 0.717) is 30.8 Å². The first-order chi connectivity index (χ1) is 14.5. The maximum absolute atomic E-state index is 14.1. The van der Waals surface area contributed by atoms with Gasteiger partial charge in [0, 0.05) is 26.2 Å². The minimum atomic E-state index is -0.126. The molecule has 0 radical (unpaired) electrons. The summed E-state index contributed by atoms with van der Waals surface area (Å²) in [5, 5.41) is 3.40. The van der Waals surface area contributed by atoms with Crippen molar-refractivity contribution in [2.75, 3.05) is 36.4 Å². The van der Waals surface area contributed by atoms with Crippen molar-refractivity contribution in [3.05, 3.63) is 52.3 Å². The molecular formula is C24H32FN5. The molecule has 2 heterocycles. The van der Waals surface area contributed by atoms with Crippen molar-refractivity contribution in [3.63, 3.8) is 0 Å². The predicted octanol–water partition coefficient (Wildman–Crippen LogP) is 4.51. The Balaban J connectivity index is 1.83. The maximum Gasteiger partial charge on any atom is 0.204 e. The van der Waals surface area contributed by atoms with Crippen LogP contribution in [0.2, 0.25) is 0 Å². The summed E-state index contributed by atoms with van der Waals surface area (Å²) in [5.41, 5.74) is 12.7. The number of halogens is 1. The van der Waals surface area contributed by atoms with E-state index < -0.39 is 0 Å². The highest BCUT2D eigenvalue weighted by molar-refractivity contribution is 5.92. The molecule has 0 aliphatic carbocycles. The summed E-state index contributed by atoms with van der Waals surface area (Å²) < 4.78 is 16.4. The van der Waals surface area contributed by atoms with Gasteiger partial charge in [0.25, 0.3) is 0 Å². The van der Waals surface area contributed by atoms with Crippen LogP contribution in [0.15, 0.2) is 24.3 Å². The van der Waals surface area contributed by atoms with Crippen molar-refractivity contribution in [1.29, 1.82) is 0 Å². The summed E-state index contributed by atoms with van der Waals surface area (Å²) in [7, 11) is 0. The number of hydrogen-bond donors (Lipinski definition) is 2. The van der Waals surface area contributed by atoms with E-state index in [0.717, 1.165) is 35.6 Å². The summed E-state index contributed by atoms with van der Waals surface area (Å²) in [6, 6.07) is 8.32. The van der Waals surface area contributed by atoms with Gasteiger partial charge in [-0.15, -0.1) is 0 Å². The van der Waals surface area contributed by atoms with Gasteiger partial charge in [-0.2, -0.15) is 0 Å². The van der Waals surface area contributed by atoms with Crippen LogP contribution in [-0.2, 0) is 6.54 Å². The minimum Gasteiger partial charge on any atom is -0.370 e. The standard InChI is InChI=1S/C24H32FN5/c1-16-11-20(29-9-5-4-6-10-29)23-21(12-16)30(24(28-23)27-8-7-26)15-19-13-17(2)22(25)18(3)14-19/h11-14H,4-10,15,26H2,1-3H3,(H,27,28). The molecule has 6 heteroatoms. The van der Waals surface area contributed by atoms with Gasteiger partial charge in [0.1, 0.15) is 11.3 Å². The fourth-order valence-electron chi connectivity index (χ4n) is 4.51. The van der Waals surface area contributed by atoms with Gasteiger partial charge in [0.2, 0.25) is 5.95 Å². The summed E-state index contributed by atoms with van der Waals surface area (Å²) in [6.07, 6.45) is 3.75. The number of benzene rings is 2. The third kappa shape index (κ3) is 4.01. The average molecular weight is 410 g/mol. The number of hydrogen-bond acceptors (Lipinski definition) is 4. The monoisotopic (exact) mass is 409 g/mol. The van der Waals surface area contributed by atoms with Gasteiger partial charge >= 0.3 is 0 Å². The van der Waals surface area contributed by atoms with Gasteiger partial charge in [-0.1, -0.05) is 12.1 Å². The van der Waals surface area contributed by atoms with E-state index in [1.807, 2.05) is 26.0 Å². The quantitative estimate of drug-likeness (QED) is 0.629. The van der Waals surface area contributed by atoms with Gasteiger partial charge in [-0.25, -0.2) is 9.37 Å². The molecule has 3 N–H and O–H groups in total. The summed E-state index contributed by atoms with van der Waals surface area (Å²) in [5.74, 6) is 0.692. The van der Waals surface area contributed by atoms with E-state index >= 15 is 0 Å². The second-order valence-corrected chi connectivity index (χ2v) is 8.48. The van der Waals surface area contributed by atoms with Crippen LogP contribution in [0, 0.1) is 26.6 Å². The van der Waals surface area contributed by atoms with Crippen LogP contribution in [0.3, 0.4) is 0 Å². The molecule has 2 aromatic carbocycles. The molecule has 0 bridgehead atoms. The van der Waals surface area contributed by atoms with E-state index in [9.17, 15) is 4.39 Å². The number of aromatic nitrogens is 2. The van der Waals surface area contributed by atoms with Crippen LogP contribution < -0.4 is 16.0 Å². The Hall–Kier alpha value is -2.60. The van der Waals surface area contributed by atoms with Crippen LogP contribution >= 0.6 is 0 Å². The molecular weight excluding hydrogens is 377 g/mol. The number of imidazole rings is 1. The molecule has 1 fully saturated rings. The Morgan fingerprint density at radius 1 is 1.03 bits per heavy atom. The van der Waals surface area contributed by atoms with Crippen molar-refractivity contribution in [3.8, 4) is 0 Å². The molecule has 0 spiro atoms. The van der Waals surface area contributed by atoms with Crippen molar-refractivity contribution >= 4 is 22.7 Å². The molecule has 0 unspecified atom stereocenters. The summed E-state index contributed by atoms with van der Waals surface area (Å²) in [6.45, 7) is 9.77. The molecule has 1 aromatic heterocycles. The van der Waals surface area contributed by atoms with Crippen molar-refractivity contribution in [2.24, 2.45) is 5.73 Å². The van der Waals surface area contributed by atoms with Gasteiger partial charge in [-0.05, 0) is 74.4 Å². The smallest absolute Gasteiger partial charge is 0.204 e. The van der Waals surface area contributed by atoms with Crippen molar-refractivity contribution < 1.29 is 4.39 Å². The Morgan fingerprint density at radius 2 is 1.73 bits per heavy atom. The van der Waals surface area contributed by atoms with Crippen LogP contribution in [0.5, 0.6) is 0 Å². The number of nitrogens with two attached hydrogens (primary N) is 1. The first-order valence-electron chi connectivity index (χ1n) is 10.9. The molecule has 30 heavy (non-hydrogen) atoms.